The highest BCUT2D eigenvalue weighted by atomic mass is 16.6. The molecule has 42 heavy (non-hydrogen) atoms. The summed E-state index contributed by atoms with van der Waals surface area (Å²) in [5.41, 5.74) is -0.437. The Balaban J connectivity index is 1.69. The van der Waals surface area contributed by atoms with E-state index in [0.717, 1.165) is 12.8 Å². The molecule has 238 valence electrons. The van der Waals surface area contributed by atoms with E-state index < -0.39 is 29.2 Å². The van der Waals surface area contributed by atoms with Gasteiger partial charge in [-0.2, -0.15) is 0 Å². The van der Waals surface area contributed by atoms with Crippen LogP contribution in [0, 0.1) is 30.6 Å². The predicted octanol–water partition coefficient (Wildman–Crippen LogP) is 5.84. The lowest BCUT2D eigenvalue weighted by molar-refractivity contribution is -0.229. The van der Waals surface area contributed by atoms with E-state index in [1.165, 1.54) is 0 Å². The minimum absolute atomic E-state index is 0.0157. The number of aliphatic hydroxyl groups excluding tert-OH is 1. The Hall–Kier alpha value is -2.00. The number of phenols is 1. The molecule has 8 nitrogen and oxygen atoms in total. The fraction of sp³-hybridized carbons (Fsp3) is 0.765. The van der Waals surface area contributed by atoms with E-state index in [0.29, 0.717) is 49.7 Å². The van der Waals surface area contributed by atoms with Crippen molar-refractivity contribution in [1.82, 2.24) is 0 Å². The van der Waals surface area contributed by atoms with E-state index in [-0.39, 0.29) is 53.2 Å². The van der Waals surface area contributed by atoms with E-state index in [9.17, 15) is 30.0 Å². The van der Waals surface area contributed by atoms with Crippen LogP contribution in [0.4, 0.5) is 0 Å². The first-order valence-corrected chi connectivity index (χ1v) is 16.0. The third kappa shape index (κ3) is 6.72. The fourth-order valence-corrected chi connectivity index (χ4v) is 7.45. The molecule has 0 saturated carbocycles. The Kier molecular flexibility index (Phi) is 11.3. The average molecular weight is 591 g/mol. The maximum Gasteiger partial charge on any atom is 0.339 e. The molecule has 10 atom stereocenters. The molecule has 0 spiro atoms. The third-order valence-electron chi connectivity index (χ3n) is 10.7. The van der Waals surface area contributed by atoms with Crippen molar-refractivity contribution in [2.45, 2.75) is 142 Å². The molecule has 4 N–H and O–H groups in total. The van der Waals surface area contributed by atoms with E-state index >= 15 is 0 Å². The molecule has 4 unspecified atom stereocenters. The fourth-order valence-electron chi connectivity index (χ4n) is 7.45. The largest absolute Gasteiger partial charge is 0.507 e. The zero-order valence-electron chi connectivity index (χ0n) is 26.9. The van der Waals surface area contributed by atoms with Gasteiger partial charge in [0.1, 0.15) is 17.1 Å². The second kappa shape index (κ2) is 13.7. The van der Waals surface area contributed by atoms with E-state index in [1.54, 1.807) is 26.0 Å². The lowest BCUT2D eigenvalue weighted by atomic mass is 9.76. The molecule has 0 aromatic heterocycles. The summed E-state index contributed by atoms with van der Waals surface area (Å²) in [4.78, 5) is 25.7. The SMILES string of the molecule is CC[C@@H](C(=O)C(C)[C@@H](O)[C@H](C)CCc1ccc(C)c(O)c1C(=O)O)C1OC(CC)(C2CC[C@](O)(CC)[C@H](C)O2)C[C@@H]1C. The summed E-state index contributed by atoms with van der Waals surface area (Å²) < 4.78 is 13.2. The topological polar surface area (TPSA) is 134 Å². The Morgan fingerprint density at radius 3 is 2.33 bits per heavy atom. The van der Waals surface area contributed by atoms with Gasteiger partial charge in [0.05, 0.1) is 35.6 Å². The standard InChI is InChI=1S/C34H54O8/c1-9-25(31-21(6)18-34(11-3,42-31)26-16-17-33(40,10-2)23(8)41-26)30(37)22(7)28(35)19(4)12-14-24-15-13-20(5)29(36)27(24)32(38)39/h13,15,19,21-23,25-26,28,31,35-36,40H,9-12,14,16-18H2,1-8H3,(H,38,39)/t19-,21+,22?,23+,25+,26?,28+,31?,33-,34?/m1/s1. The number of aromatic hydroxyl groups is 1. The first-order chi connectivity index (χ1) is 19.7. The maximum atomic E-state index is 13.9. The van der Waals surface area contributed by atoms with Crippen molar-refractivity contribution in [3.05, 3.63) is 28.8 Å². The lowest BCUT2D eigenvalue weighted by Crippen LogP contribution is -2.55. The molecule has 2 heterocycles. The molecule has 8 heteroatoms. The molecule has 0 amide bonds. The van der Waals surface area contributed by atoms with Gasteiger partial charge in [0.2, 0.25) is 0 Å². The summed E-state index contributed by atoms with van der Waals surface area (Å²) in [6, 6.07) is 3.40. The van der Waals surface area contributed by atoms with Gasteiger partial charge >= 0.3 is 5.97 Å². The van der Waals surface area contributed by atoms with Gasteiger partial charge in [-0.3, -0.25) is 4.79 Å². The van der Waals surface area contributed by atoms with Crippen molar-refractivity contribution in [3.63, 3.8) is 0 Å². The number of hydrogen-bond donors (Lipinski definition) is 4. The highest BCUT2D eigenvalue weighted by Crippen LogP contribution is 2.48. The summed E-state index contributed by atoms with van der Waals surface area (Å²) >= 11 is 0. The maximum absolute atomic E-state index is 13.9. The molecule has 0 radical (unpaired) electrons. The van der Waals surface area contributed by atoms with Gasteiger partial charge in [0.15, 0.2) is 0 Å². The zero-order chi connectivity index (χ0) is 31.6. The molecule has 1 aromatic rings. The van der Waals surface area contributed by atoms with E-state index in [1.807, 2.05) is 27.7 Å². The first-order valence-electron chi connectivity index (χ1n) is 16.0. The Morgan fingerprint density at radius 1 is 1.12 bits per heavy atom. The minimum atomic E-state index is -1.18. The lowest BCUT2D eigenvalue weighted by Gasteiger charge is -2.47. The number of ketones is 1. The molecule has 2 saturated heterocycles. The number of carbonyl (C=O) groups is 2. The summed E-state index contributed by atoms with van der Waals surface area (Å²) in [6.07, 6.45) is 3.34. The highest BCUT2D eigenvalue weighted by Gasteiger charge is 2.55. The second-order valence-corrected chi connectivity index (χ2v) is 13.2. The number of aliphatic hydroxyl groups is 2. The van der Waals surface area contributed by atoms with Crippen LogP contribution in [0.2, 0.25) is 0 Å². The quantitative estimate of drug-likeness (QED) is 0.225. The van der Waals surface area contributed by atoms with Crippen molar-refractivity contribution >= 4 is 11.8 Å². The molecule has 1 aromatic carbocycles. The summed E-state index contributed by atoms with van der Waals surface area (Å²) in [5, 5.41) is 42.1. The number of aromatic carboxylic acids is 1. The van der Waals surface area contributed by atoms with Crippen molar-refractivity contribution < 1.29 is 39.5 Å². The average Bonchev–Trinajstić information content (AvgIpc) is 3.31. The molecule has 3 rings (SSSR count). The number of carboxylic acids is 1. The van der Waals surface area contributed by atoms with Crippen LogP contribution in [0.5, 0.6) is 5.75 Å². The number of carbonyl (C=O) groups excluding carboxylic acids is 1. The van der Waals surface area contributed by atoms with E-state index in [4.69, 9.17) is 9.47 Å². The molecule has 2 aliphatic heterocycles. The van der Waals surface area contributed by atoms with Crippen LogP contribution in [0.15, 0.2) is 12.1 Å². The van der Waals surface area contributed by atoms with Gasteiger partial charge in [-0.15, -0.1) is 0 Å². The van der Waals surface area contributed by atoms with Crippen molar-refractivity contribution in [3.8, 4) is 5.75 Å². The van der Waals surface area contributed by atoms with E-state index in [2.05, 4.69) is 13.8 Å². The highest BCUT2D eigenvalue weighted by molar-refractivity contribution is 5.93. The molecule has 0 bridgehead atoms. The first kappa shape index (κ1) is 34.5. The van der Waals surface area contributed by atoms with Gasteiger partial charge in [-0.05, 0) is 88.2 Å². The van der Waals surface area contributed by atoms with Gasteiger partial charge in [0, 0.05) is 11.8 Å². The molecular formula is C34H54O8. The third-order valence-corrected chi connectivity index (χ3v) is 10.7. The van der Waals surface area contributed by atoms with Crippen LogP contribution in [0.25, 0.3) is 0 Å². The smallest absolute Gasteiger partial charge is 0.339 e. The van der Waals surface area contributed by atoms with Crippen molar-refractivity contribution in [2.75, 3.05) is 0 Å². The molecule has 2 fully saturated rings. The number of hydrogen-bond acceptors (Lipinski definition) is 7. The molecule has 2 aliphatic rings. The number of benzene rings is 1. The van der Waals surface area contributed by atoms with Crippen LogP contribution in [-0.2, 0) is 20.7 Å². The number of ether oxygens (including phenoxy) is 2. The van der Waals surface area contributed by atoms with Gasteiger partial charge in [-0.1, -0.05) is 53.7 Å². The van der Waals surface area contributed by atoms with Gasteiger partial charge < -0.3 is 29.9 Å². The monoisotopic (exact) mass is 590 g/mol. The summed E-state index contributed by atoms with van der Waals surface area (Å²) in [7, 11) is 0. The van der Waals surface area contributed by atoms with Crippen LogP contribution in [0.3, 0.4) is 0 Å². The number of carboxylic acid groups (broad SMARTS) is 1. The Morgan fingerprint density at radius 2 is 1.79 bits per heavy atom. The zero-order valence-corrected chi connectivity index (χ0v) is 26.9. The van der Waals surface area contributed by atoms with Crippen LogP contribution in [0.1, 0.15) is 115 Å². The summed E-state index contributed by atoms with van der Waals surface area (Å²) in [6.45, 7) is 15.4. The molecule has 0 aliphatic carbocycles. The van der Waals surface area contributed by atoms with Gasteiger partial charge in [0.25, 0.3) is 0 Å². The van der Waals surface area contributed by atoms with Crippen LogP contribution >= 0.6 is 0 Å². The van der Waals surface area contributed by atoms with Crippen molar-refractivity contribution in [1.29, 1.82) is 0 Å². The molecular weight excluding hydrogens is 536 g/mol. The Bertz CT molecular complexity index is 1100. The van der Waals surface area contributed by atoms with Gasteiger partial charge in [-0.25, -0.2) is 4.79 Å². The normalized spacial score (nSPS) is 32.7. The van der Waals surface area contributed by atoms with Crippen LogP contribution in [-0.4, -0.2) is 67.8 Å². The minimum Gasteiger partial charge on any atom is -0.507 e. The number of aryl methyl sites for hydroxylation is 2. The summed E-state index contributed by atoms with van der Waals surface area (Å²) in [5.74, 6) is -2.55. The Labute approximate surface area is 251 Å². The van der Waals surface area contributed by atoms with Crippen molar-refractivity contribution in [2.24, 2.45) is 23.7 Å². The number of Topliss-reactive ketones (excluding diaryl/α,β-unsaturated/α-hetero) is 1. The van der Waals surface area contributed by atoms with Crippen LogP contribution < -0.4 is 0 Å². The predicted molar refractivity (Wildman–Crippen MR) is 162 cm³/mol. The second-order valence-electron chi connectivity index (χ2n) is 13.2. The number of rotatable bonds is 13.